The molecule has 1 aromatic rings. The number of ether oxygens (including phenoxy) is 1. The standard InChI is InChI=1S/C12H15N3OS/c1-3-8-17-12(14-9-13)15-10-4-6-11(16-2)7-5-10/h4-7H,3,8H2,1-2H3,(H,14,15)/p+1. The first-order chi connectivity index (χ1) is 8.30. The van der Waals surface area contributed by atoms with Crippen LogP contribution >= 0.6 is 11.8 Å². The molecule has 0 spiro atoms. The molecular formula is C12H16N3OS+. The summed E-state index contributed by atoms with van der Waals surface area (Å²) < 4.78 is 5.08. The van der Waals surface area contributed by atoms with Crippen molar-refractivity contribution < 1.29 is 9.73 Å². The van der Waals surface area contributed by atoms with Gasteiger partial charge in [0.1, 0.15) is 11.4 Å². The molecule has 0 heterocycles. The summed E-state index contributed by atoms with van der Waals surface area (Å²) in [6.07, 6.45) is 2.99. The number of hydrogen-bond acceptors (Lipinski definition) is 3. The monoisotopic (exact) mass is 250 g/mol. The van der Waals surface area contributed by atoms with Crippen molar-refractivity contribution in [2.24, 2.45) is 0 Å². The van der Waals surface area contributed by atoms with Crippen molar-refractivity contribution in [2.45, 2.75) is 13.3 Å². The van der Waals surface area contributed by atoms with E-state index in [2.05, 4.69) is 17.2 Å². The van der Waals surface area contributed by atoms with Crippen LogP contribution in [0.4, 0.5) is 5.69 Å². The summed E-state index contributed by atoms with van der Waals surface area (Å²) in [4.78, 5) is 3.16. The Bertz CT molecular complexity index is 409. The van der Waals surface area contributed by atoms with Crippen molar-refractivity contribution in [3.8, 4) is 11.9 Å². The van der Waals surface area contributed by atoms with Gasteiger partial charge in [-0.2, -0.15) is 5.32 Å². The zero-order valence-corrected chi connectivity index (χ0v) is 10.8. The van der Waals surface area contributed by atoms with Gasteiger partial charge in [-0.25, -0.2) is 4.99 Å². The van der Waals surface area contributed by atoms with Crippen LogP contribution in [0.15, 0.2) is 24.3 Å². The van der Waals surface area contributed by atoms with Crippen molar-refractivity contribution in [1.29, 1.82) is 5.26 Å². The van der Waals surface area contributed by atoms with Gasteiger partial charge in [0.25, 0.3) is 6.19 Å². The van der Waals surface area contributed by atoms with Crippen LogP contribution in [0.25, 0.3) is 0 Å². The lowest BCUT2D eigenvalue weighted by Crippen LogP contribution is -2.68. The molecule has 0 aliphatic rings. The van der Waals surface area contributed by atoms with Crippen LogP contribution in [0.5, 0.6) is 5.75 Å². The molecule has 0 aromatic heterocycles. The molecule has 4 nitrogen and oxygen atoms in total. The van der Waals surface area contributed by atoms with Gasteiger partial charge >= 0.3 is 5.17 Å². The van der Waals surface area contributed by atoms with E-state index >= 15 is 0 Å². The lowest BCUT2D eigenvalue weighted by Gasteiger charge is -1.99. The lowest BCUT2D eigenvalue weighted by atomic mass is 10.3. The maximum absolute atomic E-state index is 8.64. The number of nitrogens with zero attached hydrogens (tertiary/aromatic N) is 1. The molecule has 1 rings (SSSR count). The van der Waals surface area contributed by atoms with Gasteiger partial charge < -0.3 is 4.74 Å². The maximum Gasteiger partial charge on any atom is 0.323 e. The third kappa shape index (κ3) is 4.79. The summed E-state index contributed by atoms with van der Waals surface area (Å²) in [6, 6.07) is 7.56. The van der Waals surface area contributed by atoms with E-state index in [1.807, 2.05) is 30.5 Å². The molecule has 0 unspecified atom stereocenters. The minimum absolute atomic E-state index is 0.750. The van der Waals surface area contributed by atoms with Crippen LogP contribution in [-0.4, -0.2) is 18.0 Å². The second kappa shape index (κ2) is 7.58. The first kappa shape index (κ1) is 13.4. The lowest BCUT2D eigenvalue weighted by molar-refractivity contribution is -0.352. The van der Waals surface area contributed by atoms with E-state index in [1.165, 1.54) is 0 Å². The van der Waals surface area contributed by atoms with E-state index in [9.17, 15) is 0 Å². The fourth-order valence-electron chi connectivity index (χ4n) is 1.16. The summed E-state index contributed by atoms with van der Waals surface area (Å²) in [5.41, 5.74) is 0.923. The second-order valence-electron chi connectivity index (χ2n) is 3.27. The zero-order chi connectivity index (χ0) is 12.5. The number of nitriles is 1. The Balaban J connectivity index is 2.76. The molecule has 90 valence electrons. The molecule has 0 atom stereocenters. The van der Waals surface area contributed by atoms with E-state index in [4.69, 9.17) is 10.00 Å². The normalized spacial score (nSPS) is 10.8. The molecule has 0 saturated heterocycles. The van der Waals surface area contributed by atoms with Crippen LogP contribution in [0.3, 0.4) is 0 Å². The topological polar surface area (TPSA) is 59.0 Å². The Labute approximate surface area is 106 Å². The molecule has 0 amide bonds. The van der Waals surface area contributed by atoms with Crippen molar-refractivity contribution in [2.75, 3.05) is 12.9 Å². The van der Waals surface area contributed by atoms with Crippen LogP contribution in [0, 0.1) is 11.5 Å². The first-order valence-corrected chi connectivity index (χ1v) is 6.34. The summed E-state index contributed by atoms with van der Waals surface area (Å²) in [7, 11) is 1.63. The Morgan fingerprint density at radius 2 is 2.18 bits per heavy atom. The van der Waals surface area contributed by atoms with Gasteiger partial charge in [0.05, 0.1) is 7.11 Å². The molecule has 2 N–H and O–H groups in total. The smallest absolute Gasteiger partial charge is 0.323 e. The third-order valence-electron chi connectivity index (χ3n) is 1.97. The van der Waals surface area contributed by atoms with Crippen LogP contribution in [0.2, 0.25) is 0 Å². The van der Waals surface area contributed by atoms with Gasteiger partial charge in [-0.3, -0.25) is 0 Å². The SMILES string of the molecule is CCCSC(NC#N)=[NH+]c1ccc(OC)cc1. The van der Waals surface area contributed by atoms with Gasteiger partial charge in [-0.15, -0.1) is 5.26 Å². The van der Waals surface area contributed by atoms with Crippen LogP contribution in [0.1, 0.15) is 13.3 Å². The van der Waals surface area contributed by atoms with Gasteiger partial charge in [-0.05, 0) is 42.4 Å². The summed E-state index contributed by atoms with van der Waals surface area (Å²) in [6.45, 7) is 2.10. The van der Waals surface area contributed by atoms with E-state index in [1.54, 1.807) is 18.9 Å². The fourth-order valence-corrected chi connectivity index (χ4v) is 1.88. The minimum Gasteiger partial charge on any atom is -0.497 e. The highest BCUT2D eigenvalue weighted by Gasteiger charge is 2.06. The molecule has 5 heteroatoms. The Kier molecular flexibility index (Phi) is 5.97. The average Bonchev–Trinajstić information content (AvgIpc) is 2.37. The van der Waals surface area contributed by atoms with Crippen LogP contribution < -0.4 is 15.0 Å². The molecule has 17 heavy (non-hydrogen) atoms. The Morgan fingerprint density at radius 1 is 1.47 bits per heavy atom. The number of rotatable bonds is 4. The maximum atomic E-state index is 8.64. The quantitative estimate of drug-likeness (QED) is 0.362. The highest BCUT2D eigenvalue weighted by atomic mass is 32.2. The number of amidine groups is 1. The van der Waals surface area contributed by atoms with E-state index in [0.717, 1.165) is 28.8 Å². The summed E-state index contributed by atoms with van der Waals surface area (Å²) in [5, 5.41) is 12.0. The van der Waals surface area contributed by atoms with E-state index in [-0.39, 0.29) is 0 Å². The average molecular weight is 250 g/mol. The highest BCUT2D eigenvalue weighted by molar-refractivity contribution is 8.13. The number of thioether (sulfide) groups is 1. The summed E-state index contributed by atoms with van der Waals surface area (Å²) >= 11 is 1.59. The van der Waals surface area contributed by atoms with Crippen LogP contribution in [-0.2, 0) is 0 Å². The molecule has 0 aliphatic heterocycles. The molecular weight excluding hydrogens is 234 g/mol. The van der Waals surface area contributed by atoms with Crippen molar-refractivity contribution in [3.05, 3.63) is 24.3 Å². The predicted octanol–water partition coefficient (Wildman–Crippen LogP) is 0.977. The first-order valence-electron chi connectivity index (χ1n) is 5.36. The minimum atomic E-state index is 0.750. The van der Waals surface area contributed by atoms with Gasteiger partial charge in [0.2, 0.25) is 0 Å². The van der Waals surface area contributed by atoms with Crippen molar-refractivity contribution >= 4 is 22.6 Å². The summed E-state index contributed by atoms with van der Waals surface area (Å²) in [5.74, 6) is 1.78. The van der Waals surface area contributed by atoms with Crippen molar-refractivity contribution in [3.63, 3.8) is 0 Å². The molecule has 0 aliphatic carbocycles. The zero-order valence-electron chi connectivity index (χ0n) is 9.99. The Morgan fingerprint density at radius 3 is 2.71 bits per heavy atom. The number of nitrogens with one attached hydrogen (secondary N) is 2. The van der Waals surface area contributed by atoms with Gasteiger partial charge in [0.15, 0.2) is 0 Å². The predicted molar refractivity (Wildman–Crippen MR) is 70.1 cm³/mol. The molecule has 1 aromatic carbocycles. The molecule has 0 bridgehead atoms. The Hall–Kier alpha value is -1.67. The van der Waals surface area contributed by atoms with Crippen molar-refractivity contribution in [1.82, 2.24) is 5.32 Å². The van der Waals surface area contributed by atoms with E-state index < -0.39 is 0 Å². The molecule has 0 saturated carbocycles. The third-order valence-corrected chi connectivity index (χ3v) is 3.07. The van der Waals surface area contributed by atoms with Gasteiger partial charge in [-0.1, -0.05) is 6.92 Å². The largest absolute Gasteiger partial charge is 0.497 e. The number of methoxy groups -OCH3 is 1. The van der Waals surface area contributed by atoms with E-state index in [0.29, 0.717) is 0 Å². The number of hydrogen-bond donors (Lipinski definition) is 2. The number of benzene rings is 1. The molecule has 0 radical (unpaired) electrons. The van der Waals surface area contributed by atoms with Gasteiger partial charge in [0, 0.05) is 5.75 Å². The second-order valence-corrected chi connectivity index (χ2v) is 4.37. The highest BCUT2D eigenvalue weighted by Crippen LogP contribution is 2.11. The fraction of sp³-hybridized carbons (Fsp3) is 0.333. The molecule has 0 fully saturated rings.